The van der Waals surface area contributed by atoms with Crippen LogP contribution in [-0.2, 0) is 11.8 Å². The summed E-state index contributed by atoms with van der Waals surface area (Å²) in [5.41, 5.74) is 27.7. The Kier molecular flexibility index (Phi) is 82.2. The highest BCUT2D eigenvalue weighted by Crippen LogP contribution is 2.32. The van der Waals surface area contributed by atoms with E-state index in [1.54, 1.807) is 0 Å². The number of ether oxygens (including phenoxy) is 1. The van der Waals surface area contributed by atoms with Crippen LogP contribution < -0.4 is 4.74 Å². The molecule has 0 unspecified atom stereocenters. The monoisotopic (exact) mass is 1580 g/mol. The van der Waals surface area contributed by atoms with E-state index in [1.165, 1.54) is 111 Å². The van der Waals surface area contributed by atoms with Gasteiger partial charge >= 0.3 is 0 Å². The van der Waals surface area contributed by atoms with Gasteiger partial charge in [-0.2, -0.15) is 0 Å². The number of benzene rings is 12. The summed E-state index contributed by atoms with van der Waals surface area (Å²) in [5.74, 6) is 1.84. The highest BCUT2D eigenvalue weighted by molar-refractivity contribution is 6.09. The van der Waals surface area contributed by atoms with Crippen molar-refractivity contribution in [1.29, 1.82) is 0 Å². The van der Waals surface area contributed by atoms with E-state index in [-0.39, 0.29) is 11.2 Å². The summed E-state index contributed by atoms with van der Waals surface area (Å²) in [6.07, 6.45) is 1.03. The van der Waals surface area contributed by atoms with Crippen LogP contribution in [0.25, 0.3) is 11.1 Å². The standard InChI is InChI=1S/C17H20.C15H14O.C15H16.C14H14O.C14H14.2C8H10.12C2H6/c1-13-5-9-15(10-6-13)17(3,4)16-11-7-14(2)8-12-16;1-11-3-7-13(8-4-11)15(16)14-9-5-12(2)6-10-14;1-12-3-7-14(8-4-12)11-15-9-5-13(2)6-10-15;1-11-3-7-13(8-4-11)15-14-9-5-12(2)6-10-14;1-11-3-7-13(8-4-11)14-9-5-12(2)6-10-14;1-7-3-5-8(2)6-4-7;1-7-4-3-5-8(2)6-7;12*1-2/h5-12H,1-4H3;3-10H,1-2H3;3-10H,11H2,1-2H3;3-10H,1-2H3;3-10H,1-2H3;2*3-6H,1-2H3;12*1-2H3. The first-order chi connectivity index (χ1) is 56.5. The Balaban J connectivity index is -0.000000233. The maximum Gasteiger partial charge on any atom is 0.193 e. The van der Waals surface area contributed by atoms with Crippen molar-refractivity contribution in [3.8, 4) is 22.6 Å². The summed E-state index contributed by atoms with van der Waals surface area (Å²) in [6.45, 7) is 81.8. The quantitative estimate of drug-likeness (QED) is 0.135. The number of ketones is 1. The summed E-state index contributed by atoms with van der Waals surface area (Å²) in [4.78, 5) is 12.1. The predicted octanol–water partition coefficient (Wildman–Crippen LogP) is 37.0. The number of aryl methyl sites for hydroxylation is 14. The molecule has 0 aliphatic heterocycles. The molecule has 0 saturated heterocycles. The number of hydrogen-bond acceptors (Lipinski definition) is 2. The molecule has 0 aliphatic carbocycles. The maximum atomic E-state index is 12.1. The highest BCUT2D eigenvalue weighted by Gasteiger charge is 2.22. The third-order valence-electron chi connectivity index (χ3n) is 15.9. The summed E-state index contributed by atoms with van der Waals surface area (Å²) in [7, 11) is 0. The summed E-state index contributed by atoms with van der Waals surface area (Å²) >= 11 is 0. The zero-order chi connectivity index (χ0) is 91.3. The Bertz CT molecular complexity index is 3730. The average Bonchev–Trinajstić information content (AvgIpc) is 0.801. The lowest BCUT2D eigenvalue weighted by molar-refractivity contribution is 0.103. The molecular formula is C115H170O2. The molecule has 12 rings (SSSR count). The van der Waals surface area contributed by atoms with Crippen LogP contribution in [0.5, 0.6) is 11.5 Å². The van der Waals surface area contributed by atoms with E-state index in [2.05, 4.69) is 291 Å². The Hall–Kier alpha value is -9.89. The molecule has 0 aliphatic rings. The van der Waals surface area contributed by atoms with E-state index in [0.717, 1.165) is 29.0 Å². The number of carbonyl (C=O) groups is 1. The van der Waals surface area contributed by atoms with Gasteiger partial charge in [0.1, 0.15) is 11.5 Å². The second kappa shape index (κ2) is 79.9. The van der Waals surface area contributed by atoms with Crippen LogP contribution in [-0.4, -0.2) is 5.78 Å². The zero-order valence-electron chi connectivity index (χ0n) is 82.2. The predicted molar refractivity (Wildman–Crippen MR) is 537 cm³/mol. The van der Waals surface area contributed by atoms with Crippen LogP contribution >= 0.6 is 0 Å². The van der Waals surface area contributed by atoms with Crippen LogP contribution in [0.4, 0.5) is 0 Å². The van der Waals surface area contributed by atoms with Crippen LogP contribution in [0.1, 0.15) is 296 Å². The molecule has 0 bridgehead atoms. The number of carbonyl (C=O) groups excluding carboxylic acids is 1. The molecule has 0 spiro atoms. The van der Waals surface area contributed by atoms with Crippen LogP contribution in [0, 0.1) is 96.9 Å². The van der Waals surface area contributed by atoms with Gasteiger partial charge in [0.25, 0.3) is 0 Å². The Morgan fingerprint density at radius 1 is 0.214 bits per heavy atom. The molecule has 0 fully saturated rings. The van der Waals surface area contributed by atoms with E-state index < -0.39 is 0 Å². The fourth-order valence-electron chi connectivity index (χ4n) is 9.62. The second-order valence-electron chi connectivity index (χ2n) is 25.3. The van der Waals surface area contributed by atoms with Crippen molar-refractivity contribution in [1.82, 2.24) is 0 Å². The van der Waals surface area contributed by atoms with Gasteiger partial charge in [0.05, 0.1) is 0 Å². The summed E-state index contributed by atoms with van der Waals surface area (Å²) < 4.78 is 5.69. The van der Waals surface area contributed by atoms with E-state index in [4.69, 9.17) is 4.74 Å². The topological polar surface area (TPSA) is 26.3 Å². The molecule has 2 heteroatoms. The largest absolute Gasteiger partial charge is 0.457 e. The molecule has 0 aromatic heterocycles. The highest BCUT2D eigenvalue weighted by atomic mass is 16.5. The van der Waals surface area contributed by atoms with Crippen LogP contribution in [0.3, 0.4) is 0 Å². The van der Waals surface area contributed by atoms with Crippen LogP contribution in [0.15, 0.2) is 291 Å². The summed E-state index contributed by atoms with van der Waals surface area (Å²) in [5, 5.41) is 0. The van der Waals surface area contributed by atoms with Crippen molar-refractivity contribution in [3.05, 3.63) is 402 Å². The van der Waals surface area contributed by atoms with Crippen molar-refractivity contribution < 1.29 is 9.53 Å². The molecule has 12 aromatic carbocycles. The Labute approximate surface area is 724 Å². The molecule has 0 heterocycles. The van der Waals surface area contributed by atoms with Gasteiger partial charge in [0, 0.05) is 16.5 Å². The first-order valence-electron chi connectivity index (χ1n) is 44.4. The number of hydrogen-bond donors (Lipinski definition) is 0. The lowest BCUT2D eigenvalue weighted by Gasteiger charge is -2.26. The van der Waals surface area contributed by atoms with Crippen molar-refractivity contribution in [3.63, 3.8) is 0 Å². The minimum absolute atomic E-state index is 0.0708. The van der Waals surface area contributed by atoms with E-state index in [0.29, 0.717) is 0 Å². The third-order valence-corrected chi connectivity index (χ3v) is 15.9. The Morgan fingerprint density at radius 3 is 0.581 bits per heavy atom. The minimum atomic E-state index is 0.0708. The van der Waals surface area contributed by atoms with E-state index >= 15 is 0 Å². The van der Waals surface area contributed by atoms with Gasteiger partial charge in [-0.25, -0.2) is 0 Å². The van der Waals surface area contributed by atoms with Gasteiger partial charge in [-0.05, 0) is 161 Å². The van der Waals surface area contributed by atoms with Gasteiger partial charge in [0.2, 0.25) is 0 Å². The van der Waals surface area contributed by atoms with Crippen molar-refractivity contribution in [2.45, 2.75) is 289 Å². The van der Waals surface area contributed by atoms with Crippen molar-refractivity contribution >= 4 is 5.78 Å². The second-order valence-corrected chi connectivity index (χ2v) is 25.3. The summed E-state index contributed by atoms with van der Waals surface area (Å²) in [6, 6.07) is 101. The van der Waals surface area contributed by atoms with Gasteiger partial charge in [0.15, 0.2) is 5.78 Å². The first-order valence-corrected chi connectivity index (χ1v) is 44.4. The molecule has 0 radical (unpaired) electrons. The van der Waals surface area contributed by atoms with E-state index in [9.17, 15) is 4.79 Å². The van der Waals surface area contributed by atoms with Gasteiger partial charge in [-0.1, -0.05) is 525 Å². The Morgan fingerprint density at radius 2 is 0.385 bits per heavy atom. The zero-order valence-corrected chi connectivity index (χ0v) is 82.2. The number of rotatable bonds is 9. The van der Waals surface area contributed by atoms with Crippen LogP contribution in [0.2, 0.25) is 0 Å². The average molecular weight is 1580 g/mol. The molecule has 12 aromatic rings. The molecule has 0 amide bonds. The lowest BCUT2D eigenvalue weighted by atomic mass is 9.78. The molecule has 0 atom stereocenters. The molecule has 642 valence electrons. The SMILES string of the molecule is CC.CC.CC.CC.CC.CC.CC.CC.CC.CC.CC.CC.Cc1ccc(-c2ccc(C)cc2)cc1.Cc1ccc(C(=O)c2ccc(C)cc2)cc1.Cc1ccc(C(C)(C)c2ccc(C)cc2)cc1.Cc1ccc(C)cc1.Cc1ccc(Cc2ccc(C)cc2)cc1.Cc1ccc(Oc2ccc(C)cc2)cc1.Cc1cccc(C)c1. The normalized spacial score (nSPS) is 8.75. The lowest BCUT2D eigenvalue weighted by Crippen LogP contribution is -2.18. The molecular weight excluding hydrogens is 1410 g/mol. The van der Waals surface area contributed by atoms with Crippen molar-refractivity contribution in [2.24, 2.45) is 0 Å². The molecule has 0 N–H and O–H groups in total. The molecule has 0 saturated carbocycles. The van der Waals surface area contributed by atoms with E-state index in [1.807, 2.05) is 277 Å². The molecule has 2 nitrogen and oxygen atoms in total. The fraction of sp³-hybridized carbons (Fsp3) is 0.365. The van der Waals surface area contributed by atoms with Gasteiger partial charge in [-0.15, -0.1) is 0 Å². The van der Waals surface area contributed by atoms with Gasteiger partial charge in [-0.3, -0.25) is 4.79 Å². The van der Waals surface area contributed by atoms with Crippen molar-refractivity contribution in [2.75, 3.05) is 0 Å². The minimum Gasteiger partial charge on any atom is -0.457 e. The third kappa shape index (κ3) is 56.9. The fourth-order valence-corrected chi connectivity index (χ4v) is 9.62. The maximum absolute atomic E-state index is 12.1. The smallest absolute Gasteiger partial charge is 0.193 e. The van der Waals surface area contributed by atoms with Gasteiger partial charge < -0.3 is 4.74 Å². The first kappa shape index (κ1) is 120. The molecule has 117 heavy (non-hydrogen) atoms.